The zero-order valence-electron chi connectivity index (χ0n) is 16.2. The van der Waals surface area contributed by atoms with E-state index < -0.39 is 0 Å². The van der Waals surface area contributed by atoms with Gasteiger partial charge in [0.1, 0.15) is 18.5 Å². The van der Waals surface area contributed by atoms with Crippen molar-refractivity contribution in [1.29, 1.82) is 0 Å². The van der Waals surface area contributed by atoms with E-state index in [4.69, 9.17) is 14.2 Å². The van der Waals surface area contributed by atoms with Gasteiger partial charge in [-0.05, 0) is 36.5 Å². The van der Waals surface area contributed by atoms with Gasteiger partial charge in [0.05, 0.1) is 7.11 Å². The summed E-state index contributed by atoms with van der Waals surface area (Å²) < 4.78 is 17.9. The van der Waals surface area contributed by atoms with Gasteiger partial charge >= 0.3 is 0 Å². The highest BCUT2D eigenvalue weighted by Gasteiger charge is 2.29. The van der Waals surface area contributed by atoms with Crippen LogP contribution in [0.25, 0.3) is 5.70 Å². The molecule has 1 unspecified atom stereocenters. The first-order valence-corrected chi connectivity index (χ1v) is 9.68. The zero-order chi connectivity index (χ0) is 18.8. The van der Waals surface area contributed by atoms with E-state index in [2.05, 4.69) is 37.4 Å². The van der Waals surface area contributed by atoms with Gasteiger partial charge in [0, 0.05) is 23.4 Å². The Hall–Kier alpha value is -2.62. The summed E-state index contributed by atoms with van der Waals surface area (Å²) in [5.74, 6) is 2.67. The second-order valence-corrected chi connectivity index (χ2v) is 7.60. The third-order valence-electron chi connectivity index (χ3n) is 4.98. The summed E-state index contributed by atoms with van der Waals surface area (Å²) >= 11 is 0. The van der Waals surface area contributed by atoms with E-state index in [1.54, 1.807) is 7.11 Å². The fourth-order valence-electron chi connectivity index (χ4n) is 3.19. The Labute approximate surface area is 161 Å². The Morgan fingerprint density at radius 2 is 1.89 bits per heavy atom. The Bertz CT molecular complexity index is 825. The molecule has 0 radical (unpaired) electrons. The molecule has 0 spiro atoms. The molecule has 0 bridgehead atoms. The molecule has 2 aliphatic rings. The topological polar surface area (TPSA) is 39.7 Å². The Morgan fingerprint density at radius 3 is 2.56 bits per heavy atom. The fraction of sp³-hybridized carbons (Fsp3) is 0.391. The first kappa shape index (κ1) is 17.8. The lowest BCUT2D eigenvalue weighted by atomic mass is 9.99. The Morgan fingerprint density at radius 1 is 1.11 bits per heavy atom. The van der Waals surface area contributed by atoms with Crippen molar-refractivity contribution in [3.8, 4) is 17.2 Å². The van der Waals surface area contributed by atoms with E-state index in [1.807, 2.05) is 30.3 Å². The Kier molecular flexibility index (Phi) is 4.97. The van der Waals surface area contributed by atoms with E-state index in [1.165, 1.54) is 12.8 Å². The highest BCUT2D eigenvalue weighted by atomic mass is 16.5. The van der Waals surface area contributed by atoms with Crippen LogP contribution in [0.4, 0.5) is 0 Å². The SMILES string of the molecule is COc1cc2c(cc1OCc1ccccc1)OC(C(C)C)C=C2NC1CC1. The van der Waals surface area contributed by atoms with Crippen molar-refractivity contribution in [2.75, 3.05) is 7.11 Å². The first-order chi connectivity index (χ1) is 13.1. The predicted octanol–water partition coefficient (Wildman–Crippen LogP) is 4.78. The van der Waals surface area contributed by atoms with Gasteiger partial charge in [-0.3, -0.25) is 0 Å². The van der Waals surface area contributed by atoms with Gasteiger partial charge in [-0.15, -0.1) is 0 Å². The normalized spacial score (nSPS) is 18.4. The van der Waals surface area contributed by atoms with Crippen LogP contribution in [-0.2, 0) is 6.61 Å². The lowest BCUT2D eigenvalue weighted by Crippen LogP contribution is -2.28. The molecule has 0 amide bonds. The summed E-state index contributed by atoms with van der Waals surface area (Å²) in [5, 5.41) is 3.65. The van der Waals surface area contributed by atoms with Crippen LogP contribution in [0.3, 0.4) is 0 Å². The van der Waals surface area contributed by atoms with E-state index in [0.29, 0.717) is 24.3 Å². The summed E-state index contributed by atoms with van der Waals surface area (Å²) in [7, 11) is 1.68. The smallest absolute Gasteiger partial charge is 0.165 e. The number of hydrogen-bond acceptors (Lipinski definition) is 4. The van der Waals surface area contributed by atoms with E-state index in [0.717, 1.165) is 28.3 Å². The molecule has 0 aromatic heterocycles. The molecule has 1 aliphatic carbocycles. The van der Waals surface area contributed by atoms with Gasteiger partial charge in [0.25, 0.3) is 0 Å². The van der Waals surface area contributed by atoms with Gasteiger partial charge in [-0.2, -0.15) is 0 Å². The second-order valence-electron chi connectivity index (χ2n) is 7.60. The molecule has 2 aromatic carbocycles. The lowest BCUT2D eigenvalue weighted by molar-refractivity contribution is 0.191. The number of hydrogen-bond donors (Lipinski definition) is 1. The van der Waals surface area contributed by atoms with Crippen LogP contribution in [0.2, 0.25) is 0 Å². The third-order valence-corrected chi connectivity index (χ3v) is 4.98. The predicted molar refractivity (Wildman–Crippen MR) is 107 cm³/mol. The summed E-state index contributed by atoms with van der Waals surface area (Å²) in [6, 6.07) is 14.7. The molecule has 1 atom stereocenters. The van der Waals surface area contributed by atoms with E-state index in [9.17, 15) is 0 Å². The summed E-state index contributed by atoms with van der Waals surface area (Å²) in [6.07, 6.45) is 4.72. The first-order valence-electron chi connectivity index (χ1n) is 9.68. The average Bonchev–Trinajstić information content (AvgIpc) is 3.50. The molecule has 4 rings (SSSR count). The van der Waals surface area contributed by atoms with Crippen molar-refractivity contribution in [2.24, 2.45) is 5.92 Å². The number of rotatable bonds is 7. The summed E-state index contributed by atoms with van der Waals surface area (Å²) in [5.41, 5.74) is 3.31. The summed E-state index contributed by atoms with van der Waals surface area (Å²) in [4.78, 5) is 0. The maximum Gasteiger partial charge on any atom is 0.165 e. The molecular formula is C23H27NO3. The quantitative estimate of drug-likeness (QED) is 0.766. The Balaban J connectivity index is 1.63. The van der Waals surface area contributed by atoms with Crippen LogP contribution >= 0.6 is 0 Å². The van der Waals surface area contributed by atoms with Crippen LogP contribution in [0.5, 0.6) is 17.2 Å². The van der Waals surface area contributed by atoms with Crippen LogP contribution in [0.1, 0.15) is 37.8 Å². The van der Waals surface area contributed by atoms with Gasteiger partial charge in [-0.1, -0.05) is 44.2 Å². The lowest BCUT2D eigenvalue weighted by Gasteiger charge is -2.29. The fourth-order valence-corrected chi connectivity index (χ4v) is 3.19. The molecule has 142 valence electrons. The molecule has 2 aromatic rings. The van der Waals surface area contributed by atoms with Gasteiger partial charge < -0.3 is 19.5 Å². The average molecular weight is 365 g/mol. The van der Waals surface area contributed by atoms with Crippen molar-refractivity contribution < 1.29 is 14.2 Å². The molecule has 4 nitrogen and oxygen atoms in total. The van der Waals surface area contributed by atoms with Gasteiger partial charge in [0.15, 0.2) is 11.5 Å². The van der Waals surface area contributed by atoms with E-state index in [-0.39, 0.29) is 6.10 Å². The third kappa shape index (κ3) is 4.05. The maximum absolute atomic E-state index is 6.27. The molecule has 1 saturated carbocycles. The monoisotopic (exact) mass is 365 g/mol. The van der Waals surface area contributed by atoms with Gasteiger partial charge in [-0.25, -0.2) is 0 Å². The molecule has 1 fully saturated rings. The zero-order valence-corrected chi connectivity index (χ0v) is 16.2. The number of nitrogens with one attached hydrogen (secondary N) is 1. The number of ether oxygens (including phenoxy) is 3. The van der Waals surface area contributed by atoms with Crippen molar-refractivity contribution in [3.63, 3.8) is 0 Å². The molecule has 1 aliphatic heterocycles. The minimum Gasteiger partial charge on any atom is -0.493 e. The second kappa shape index (κ2) is 7.55. The maximum atomic E-state index is 6.27. The highest BCUT2D eigenvalue weighted by Crippen LogP contribution is 2.42. The molecule has 1 heterocycles. The van der Waals surface area contributed by atoms with Crippen molar-refractivity contribution in [3.05, 3.63) is 59.7 Å². The van der Waals surface area contributed by atoms with Crippen LogP contribution in [0.15, 0.2) is 48.5 Å². The van der Waals surface area contributed by atoms with Crippen molar-refractivity contribution in [2.45, 2.75) is 45.4 Å². The highest BCUT2D eigenvalue weighted by molar-refractivity contribution is 5.74. The number of benzene rings is 2. The minimum absolute atomic E-state index is 0.0501. The number of fused-ring (bicyclic) bond motifs is 1. The van der Waals surface area contributed by atoms with E-state index >= 15 is 0 Å². The van der Waals surface area contributed by atoms with Crippen LogP contribution in [-0.4, -0.2) is 19.3 Å². The van der Waals surface area contributed by atoms with Crippen molar-refractivity contribution in [1.82, 2.24) is 5.32 Å². The summed E-state index contributed by atoms with van der Waals surface area (Å²) in [6.45, 7) is 4.85. The van der Waals surface area contributed by atoms with Crippen molar-refractivity contribution >= 4 is 5.70 Å². The molecular weight excluding hydrogens is 338 g/mol. The number of methoxy groups -OCH3 is 1. The molecule has 4 heteroatoms. The van der Waals surface area contributed by atoms with Crippen LogP contribution in [0, 0.1) is 5.92 Å². The molecule has 27 heavy (non-hydrogen) atoms. The molecule has 1 N–H and O–H groups in total. The minimum atomic E-state index is 0.0501. The molecule has 0 saturated heterocycles. The van der Waals surface area contributed by atoms with Crippen LogP contribution < -0.4 is 19.5 Å². The standard InChI is InChI=1S/C23H27NO3/c1-15(2)20-12-19(24-17-9-10-17)18-11-22(25-3)23(13-21(18)27-20)26-14-16-7-5-4-6-8-16/h4-8,11-13,15,17,20,24H,9-10,14H2,1-3H3. The largest absolute Gasteiger partial charge is 0.493 e. The van der Waals surface area contributed by atoms with Gasteiger partial charge in [0.2, 0.25) is 0 Å².